The fourth-order valence-electron chi connectivity index (χ4n) is 13.7. The second kappa shape index (κ2) is 17.7. The first-order valence-electron chi connectivity index (χ1n) is 22.7. The van der Waals surface area contributed by atoms with Gasteiger partial charge in [0, 0.05) is 16.8 Å². The molecule has 4 heteroatoms. The van der Waals surface area contributed by atoms with Crippen molar-refractivity contribution in [2.45, 2.75) is 232 Å². The van der Waals surface area contributed by atoms with Crippen LogP contribution in [0.1, 0.15) is 215 Å². The summed E-state index contributed by atoms with van der Waals surface area (Å²) in [5.74, 6) is 5.95. The number of hydrogen-bond acceptors (Lipinski definition) is 3. The Morgan fingerprint density at radius 2 is 0.510 bits per heavy atom. The van der Waals surface area contributed by atoms with E-state index in [0.29, 0.717) is 53.3 Å². The molecule has 6 fully saturated rings. The third kappa shape index (κ3) is 8.87. The molecule has 0 saturated heterocycles. The quantitative estimate of drug-likeness (QED) is 0.134. The molecule has 0 spiro atoms. The van der Waals surface area contributed by atoms with Gasteiger partial charge in [-0.25, -0.2) is 0 Å². The Kier molecular flexibility index (Phi) is 14.1. The van der Waals surface area contributed by atoms with Crippen molar-refractivity contribution < 1.29 is 11.4 Å². The first-order chi connectivity index (χ1) is 23.7. The van der Waals surface area contributed by atoms with E-state index >= 15 is 0 Å². The van der Waals surface area contributed by atoms with E-state index in [0.717, 1.165) is 0 Å². The highest BCUT2D eigenvalue weighted by Crippen LogP contribution is 2.56. The van der Waals surface area contributed by atoms with Crippen LogP contribution in [-0.2, 0) is 11.4 Å². The monoisotopic (exact) mass is 697 g/mol. The molecule has 0 aromatic heterocycles. The molecule has 0 aromatic rings. The SMILES string of the molecule is CC(C)CC([O][Al]([O]C(CC(C)C)(C1CCCC1)C1CCCC1)[O]C(CC(C)C)(C1CCCC1)C1CCCC1)(C1CCCC1)C1CCCC1. The van der Waals surface area contributed by atoms with Gasteiger partial charge in [0.1, 0.15) is 0 Å². The Balaban J connectivity index is 1.48. The van der Waals surface area contributed by atoms with E-state index < -0.39 is 15.1 Å². The summed E-state index contributed by atoms with van der Waals surface area (Å²) in [4.78, 5) is 0. The molecule has 0 unspecified atom stereocenters. The first-order valence-corrected chi connectivity index (χ1v) is 24.1. The maximum Gasteiger partial charge on any atom is 0.906 e. The van der Waals surface area contributed by atoms with Crippen molar-refractivity contribution in [2.75, 3.05) is 0 Å². The minimum Gasteiger partial charge on any atom is -0.449 e. The maximum absolute atomic E-state index is 8.32. The average Bonchev–Trinajstić information content (AvgIpc) is 3.93. The molecule has 0 amide bonds. The lowest BCUT2D eigenvalue weighted by Crippen LogP contribution is -2.60. The summed E-state index contributed by atoms with van der Waals surface area (Å²) in [5, 5.41) is 0. The standard InChI is InChI=1S/3C15H27O.Al/c3*1-12(2)11-15(16,13-7-3-4-8-13)14-9-5-6-10-14;/h3*12-14H,3-11H2,1-2H3;/q3*-1;+3. The molecule has 282 valence electrons. The molecule has 0 heterocycles. The van der Waals surface area contributed by atoms with Gasteiger partial charge in [-0.3, -0.25) is 0 Å². The van der Waals surface area contributed by atoms with Crippen molar-refractivity contribution in [3.63, 3.8) is 0 Å². The molecule has 0 aromatic carbocycles. The van der Waals surface area contributed by atoms with Crippen molar-refractivity contribution >= 4 is 15.1 Å². The van der Waals surface area contributed by atoms with E-state index in [2.05, 4.69) is 41.5 Å². The van der Waals surface area contributed by atoms with Crippen LogP contribution in [0.4, 0.5) is 0 Å². The van der Waals surface area contributed by atoms with E-state index in [4.69, 9.17) is 11.4 Å². The van der Waals surface area contributed by atoms with E-state index in [-0.39, 0.29) is 16.8 Å². The van der Waals surface area contributed by atoms with Crippen LogP contribution >= 0.6 is 0 Å². The second-order valence-electron chi connectivity index (χ2n) is 20.2. The summed E-state index contributed by atoms with van der Waals surface area (Å²) in [6, 6.07) is 0. The smallest absolute Gasteiger partial charge is 0.449 e. The summed E-state index contributed by atoms with van der Waals surface area (Å²) < 4.78 is 25.0. The van der Waals surface area contributed by atoms with Crippen LogP contribution in [-0.4, -0.2) is 32.0 Å². The topological polar surface area (TPSA) is 27.7 Å². The van der Waals surface area contributed by atoms with Gasteiger partial charge < -0.3 is 11.4 Å². The molecule has 6 rings (SSSR count). The van der Waals surface area contributed by atoms with Gasteiger partial charge in [0.2, 0.25) is 0 Å². The molecular weight excluding hydrogens is 615 g/mol. The lowest BCUT2D eigenvalue weighted by Gasteiger charge is -2.53. The zero-order chi connectivity index (χ0) is 34.5. The Morgan fingerprint density at radius 1 is 0.347 bits per heavy atom. The summed E-state index contributed by atoms with van der Waals surface area (Å²) >= 11 is -2.62. The second-order valence-corrected chi connectivity index (χ2v) is 21.5. The van der Waals surface area contributed by atoms with Crippen LogP contribution in [0.5, 0.6) is 0 Å². The Hall–Kier alpha value is 0.412. The lowest BCUT2D eigenvalue weighted by molar-refractivity contribution is -0.176. The largest absolute Gasteiger partial charge is 0.906 e. The van der Waals surface area contributed by atoms with Crippen LogP contribution in [0.15, 0.2) is 0 Å². The normalized spacial score (nSPS) is 25.2. The molecule has 3 nitrogen and oxygen atoms in total. The fraction of sp³-hybridized carbons (Fsp3) is 1.00. The van der Waals surface area contributed by atoms with Crippen LogP contribution < -0.4 is 0 Å². The molecule has 0 N–H and O–H groups in total. The van der Waals surface area contributed by atoms with Crippen LogP contribution in [0, 0.1) is 53.3 Å². The molecule has 0 atom stereocenters. The average molecular weight is 697 g/mol. The van der Waals surface area contributed by atoms with Gasteiger partial charge in [-0.1, -0.05) is 119 Å². The highest BCUT2D eigenvalue weighted by Gasteiger charge is 2.61. The van der Waals surface area contributed by atoms with E-state index in [9.17, 15) is 0 Å². The Bertz CT molecular complexity index is 784. The molecule has 0 bridgehead atoms. The van der Waals surface area contributed by atoms with Crippen molar-refractivity contribution in [1.82, 2.24) is 0 Å². The minimum atomic E-state index is -2.62. The number of rotatable bonds is 18. The van der Waals surface area contributed by atoms with Gasteiger partial charge in [-0.15, -0.1) is 0 Å². The predicted octanol–water partition coefficient (Wildman–Crippen LogP) is 13.5. The van der Waals surface area contributed by atoms with Crippen LogP contribution in [0.3, 0.4) is 0 Å². The predicted molar refractivity (Wildman–Crippen MR) is 207 cm³/mol. The lowest BCUT2D eigenvalue weighted by atomic mass is 9.70. The molecule has 6 aliphatic rings. The summed E-state index contributed by atoms with van der Waals surface area (Å²) in [6.45, 7) is 14.9. The molecule has 49 heavy (non-hydrogen) atoms. The molecular formula is C45H81AlO3. The first kappa shape index (κ1) is 39.1. The van der Waals surface area contributed by atoms with E-state index in [1.165, 1.54) is 173 Å². The van der Waals surface area contributed by atoms with Gasteiger partial charge in [-0.2, -0.15) is 0 Å². The van der Waals surface area contributed by atoms with Gasteiger partial charge in [0.25, 0.3) is 0 Å². The number of hydrogen-bond donors (Lipinski definition) is 0. The van der Waals surface area contributed by atoms with E-state index in [1.807, 2.05) is 0 Å². The van der Waals surface area contributed by atoms with Gasteiger partial charge >= 0.3 is 15.1 Å². The summed E-state index contributed by atoms with van der Waals surface area (Å²) in [5.41, 5.74) is -0.203. The molecule has 6 saturated carbocycles. The molecule has 0 aliphatic heterocycles. The highest BCUT2D eigenvalue weighted by molar-refractivity contribution is 6.37. The van der Waals surface area contributed by atoms with Crippen molar-refractivity contribution in [3.05, 3.63) is 0 Å². The third-order valence-electron chi connectivity index (χ3n) is 15.4. The van der Waals surface area contributed by atoms with Crippen molar-refractivity contribution in [1.29, 1.82) is 0 Å². The van der Waals surface area contributed by atoms with E-state index in [1.54, 1.807) is 0 Å². The minimum absolute atomic E-state index is 0.0676. The third-order valence-corrected chi connectivity index (χ3v) is 17.3. The maximum atomic E-state index is 8.32. The van der Waals surface area contributed by atoms with Crippen LogP contribution in [0.25, 0.3) is 0 Å². The zero-order valence-electron chi connectivity index (χ0n) is 33.6. The van der Waals surface area contributed by atoms with Crippen molar-refractivity contribution in [2.24, 2.45) is 53.3 Å². The molecule has 0 radical (unpaired) electrons. The Labute approximate surface area is 310 Å². The van der Waals surface area contributed by atoms with Crippen LogP contribution in [0.2, 0.25) is 0 Å². The summed E-state index contributed by atoms with van der Waals surface area (Å²) in [6.07, 6.45) is 36.5. The zero-order valence-corrected chi connectivity index (χ0v) is 34.7. The van der Waals surface area contributed by atoms with Gasteiger partial charge in [-0.05, 0) is 150 Å². The fourth-order valence-corrected chi connectivity index (χ4v) is 16.4. The Morgan fingerprint density at radius 3 is 0.653 bits per heavy atom. The molecule has 6 aliphatic carbocycles. The summed E-state index contributed by atoms with van der Waals surface area (Å²) in [7, 11) is 0. The van der Waals surface area contributed by atoms with Crippen molar-refractivity contribution in [3.8, 4) is 0 Å². The van der Waals surface area contributed by atoms with Gasteiger partial charge in [0.05, 0.1) is 0 Å². The highest BCUT2D eigenvalue weighted by atomic mass is 27.3. The van der Waals surface area contributed by atoms with Gasteiger partial charge in [0.15, 0.2) is 0 Å².